The van der Waals surface area contributed by atoms with Crippen LogP contribution < -0.4 is 20.6 Å². The molecule has 40 heavy (non-hydrogen) atoms. The predicted octanol–water partition coefficient (Wildman–Crippen LogP) is 2.56. The highest BCUT2D eigenvalue weighted by Crippen LogP contribution is 2.37. The van der Waals surface area contributed by atoms with Gasteiger partial charge in [-0.3, -0.25) is 14.6 Å². The molecular weight excluding hydrogens is 552 g/mol. The van der Waals surface area contributed by atoms with E-state index in [1.807, 2.05) is 43.5 Å². The van der Waals surface area contributed by atoms with Crippen LogP contribution in [0, 0.1) is 12.3 Å². The van der Waals surface area contributed by atoms with Gasteiger partial charge in [0.1, 0.15) is 17.4 Å². The van der Waals surface area contributed by atoms with Crippen LogP contribution >= 0.6 is 11.8 Å². The van der Waals surface area contributed by atoms with Crippen molar-refractivity contribution >= 4 is 50.2 Å². The molecule has 0 atom stereocenters. The van der Waals surface area contributed by atoms with E-state index in [2.05, 4.69) is 20.8 Å². The lowest BCUT2D eigenvalue weighted by molar-refractivity contribution is -0.109. The van der Waals surface area contributed by atoms with Crippen molar-refractivity contribution in [3.05, 3.63) is 71.4 Å². The van der Waals surface area contributed by atoms with Crippen LogP contribution in [-0.2, 0) is 21.6 Å². The Kier molecular flexibility index (Phi) is 9.40. The summed E-state index contributed by atoms with van der Waals surface area (Å²) in [6.07, 6.45) is 3.03. The first kappa shape index (κ1) is 29.5. The number of piperidine rings is 1. The van der Waals surface area contributed by atoms with Crippen LogP contribution in [0.25, 0.3) is 10.9 Å². The van der Waals surface area contributed by atoms with Gasteiger partial charge in [-0.1, -0.05) is 18.2 Å². The van der Waals surface area contributed by atoms with Crippen molar-refractivity contribution in [1.29, 1.82) is 0 Å². The highest BCUT2D eigenvalue weighted by Gasteiger charge is 2.41. The molecule has 13 heteroatoms. The number of benzene rings is 2. The Labute approximate surface area is 237 Å². The molecule has 2 amide bonds. The number of aromatic nitrogens is 1. The van der Waals surface area contributed by atoms with E-state index in [1.54, 1.807) is 24.3 Å². The summed E-state index contributed by atoms with van der Waals surface area (Å²) in [6.45, 7) is 2.86. The third kappa shape index (κ3) is 6.97. The molecule has 2 aromatic carbocycles. The number of nitrogens with two attached hydrogens (primary N) is 1. The van der Waals surface area contributed by atoms with Crippen molar-refractivity contribution in [3.8, 4) is 5.75 Å². The topological polar surface area (TPSA) is 156 Å². The largest absolute Gasteiger partial charge is 0.489 e. The molecule has 1 aliphatic rings. The monoisotopic (exact) mass is 584 g/mol. The van der Waals surface area contributed by atoms with E-state index in [1.165, 1.54) is 16.1 Å². The third-order valence-electron chi connectivity index (χ3n) is 6.93. The fourth-order valence-corrected chi connectivity index (χ4v) is 6.37. The summed E-state index contributed by atoms with van der Waals surface area (Å²) in [5, 5.41) is 14.1. The smallest absolute Gasteiger partial charge is 0.276 e. The number of para-hydroxylation sites is 1. The minimum Gasteiger partial charge on any atom is -0.489 e. The quantitative estimate of drug-likeness (QED) is 0.143. The van der Waals surface area contributed by atoms with Gasteiger partial charge in [-0.05, 0) is 62.4 Å². The van der Waals surface area contributed by atoms with Gasteiger partial charge in [-0.2, -0.15) is 17.8 Å². The van der Waals surface area contributed by atoms with E-state index in [4.69, 9.17) is 9.88 Å². The number of aryl methyl sites for hydroxylation is 1. The van der Waals surface area contributed by atoms with Crippen molar-refractivity contribution in [3.63, 3.8) is 0 Å². The molecule has 4 N–H and O–H groups in total. The summed E-state index contributed by atoms with van der Waals surface area (Å²) in [6, 6.07) is 16.8. The van der Waals surface area contributed by atoms with Gasteiger partial charge in [0.25, 0.3) is 16.1 Å². The average Bonchev–Trinajstić information content (AvgIpc) is 2.95. The van der Waals surface area contributed by atoms with E-state index in [9.17, 15) is 18.0 Å². The van der Waals surface area contributed by atoms with Crippen molar-refractivity contribution < 1.29 is 22.7 Å². The molecule has 212 valence electrons. The highest BCUT2D eigenvalue weighted by molar-refractivity contribution is 8.13. The molecule has 0 saturated carbocycles. The minimum atomic E-state index is -3.83. The Morgan fingerprint density at radius 1 is 1.20 bits per heavy atom. The first-order chi connectivity index (χ1) is 19.1. The molecular formula is C27H32N6O5S2. The fourth-order valence-electron chi connectivity index (χ4n) is 4.83. The maximum absolute atomic E-state index is 13.0. The number of nitrogens with one attached hydrogen (secondary N) is 2. The Hall–Kier alpha value is -3.52. The van der Waals surface area contributed by atoms with Crippen molar-refractivity contribution in [2.45, 2.75) is 26.4 Å². The number of ether oxygens (including phenoxy) is 1. The van der Waals surface area contributed by atoms with Gasteiger partial charge in [-0.25, -0.2) is 10.6 Å². The standard InChI is InChI=1S/C27H32N6O5S2/c1-19-15-21(23-5-3-4-6-24(23)31-19)16-38-22-9-7-20(8-10-22)25(35)29-17-27(26(39-2)32-30-18-34)11-13-33(14-12-27)40(28,36)37/h3-10,15,18H,11-14,16-17H2,1-2H3,(H,29,35)(H,30,34)(H2,28,36,37)/b32-26-. The van der Waals surface area contributed by atoms with Crippen LogP contribution in [0.5, 0.6) is 5.75 Å². The van der Waals surface area contributed by atoms with Gasteiger partial charge >= 0.3 is 0 Å². The van der Waals surface area contributed by atoms with Gasteiger partial charge in [0.05, 0.1) is 5.52 Å². The zero-order valence-electron chi connectivity index (χ0n) is 22.3. The number of rotatable bonds is 10. The number of hydrogen-bond acceptors (Lipinski definition) is 8. The molecule has 1 saturated heterocycles. The van der Waals surface area contributed by atoms with Crippen molar-refractivity contribution in [1.82, 2.24) is 20.0 Å². The normalized spacial score (nSPS) is 15.9. The second-order valence-electron chi connectivity index (χ2n) is 9.53. The number of amides is 2. The maximum Gasteiger partial charge on any atom is 0.276 e. The number of nitrogens with zero attached hydrogens (tertiary/aromatic N) is 3. The summed E-state index contributed by atoms with van der Waals surface area (Å²) in [7, 11) is -3.83. The zero-order valence-corrected chi connectivity index (χ0v) is 23.9. The summed E-state index contributed by atoms with van der Waals surface area (Å²) in [5.74, 6) is 0.332. The summed E-state index contributed by atoms with van der Waals surface area (Å²) in [4.78, 5) is 28.5. The fraction of sp³-hybridized carbons (Fsp3) is 0.333. The van der Waals surface area contributed by atoms with Gasteiger partial charge < -0.3 is 10.1 Å². The number of pyridine rings is 1. The number of fused-ring (bicyclic) bond motifs is 1. The maximum atomic E-state index is 13.0. The van der Waals surface area contributed by atoms with Crippen LogP contribution in [-0.4, -0.2) is 61.0 Å². The summed E-state index contributed by atoms with van der Waals surface area (Å²) >= 11 is 1.34. The molecule has 3 aromatic rings. The lowest BCUT2D eigenvalue weighted by Crippen LogP contribution is -2.52. The van der Waals surface area contributed by atoms with Gasteiger partial charge in [-0.15, -0.1) is 11.8 Å². The summed E-state index contributed by atoms with van der Waals surface area (Å²) < 4.78 is 30.8. The number of carbonyl (C=O) groups excluding carboxylic acids is 2. The first-order valence-corrected chi connectivity index (χ1v) is 15.3. The Bertz CT molecular complexity index is 1500. The number of carbonyl (C=O) groups is 2. The van der Waals surface area contributed by atoms with Crippen LogP contribution in [0.4, 0.5) is 0 Å². The van der Waals surface area contributed by atoms with Crippen LogP contribution in [0.3, 0.4) is 0 Å². The van der Waals surface area contributed by atoms with E-state index in [0.29, 0.717) is 42.2 Å². The molecule has 1 aliphatic heterocycles. The molecule has 4 rings (SSSR count). The molecule has 0 bridgehead atoms. The van der Waals surface area contributed by atoms with Crippen LogP contribution in [0.15, 0.2) is 59.7 Å². The third-order valence-corrected chi connectivity index (χ3v) is 8.93. The molecule has 1 aromatic heterocycles. The molecule has 0 radical (unpaired) electrons. The first-order valence-electron chi connectivity index (χ1n) is 12.6. The second kappa shape index (κ2) is 12.8. The van der Waals surface area contributed by atoms with Crippen LogP contribution in [0.2, 0.25) is 0 Å². The van der Waals surface area contributed by atoms with Crippen molar-refractivity contribution in [2.75, 3.05) is 25.9 Å². The van der Waals surface area contributed by atoms with E-state index < -0.39 is 15.6 Å². The van der Waals surface area contributed by atoms with E-state index in [0.717, 1.165) is 22.2 Å². The Balaban J connectivity index is 1.42. The highest BCUT2D eigenvalue weighted by atomic mass is 32.2. The molecule has 0 unspecified atom stereocenters. The van der Waals surface area contributed by atoms with Gasteiger partial charge in [0, 0.05) is 47.3 Å². The molecule has 0 spiro atoms. The number of hydrogen-bond donors (Lipinski definition) is 3. The number of thioether (sulfide) groups is 1. The molecule has 11 nitrogen and oxygen atoms in total. The second-order valence-corrected chi connectivity index (χ2v) is 11.9. The van der Waals surface area contributed by atoms with Gasteiger partial charge in [0.2, 0.25) is 6.41 Å². The van der Waals surface area contributed by atoms with Crippen molar-refractivity contribution in [2.24, 2.45) is 15.7 Å². The number of hydrazone groups is 1. The lowest BCUT2D eigenvalue weighted by Gasteiger charge is -2.40. The molecule has 1 fully saturated rings. The zero-order chi connectivity index (χ0) is 28.8. The lowest BCUT2D eigenvalue weighted by atomic mass is 9.79. The summed E-state index contributed by atoms with van der Waals surface area (Å²) in [5.41, 5.74) is 4.96. The SMILES string of the molecule is CS/C(=N\NC=O)C1(CNC(=O)c2ccc(OCc3cc(C)nc4ccccc34)cc2)CCN(S(N)(=O)=O)CC1. The van der Waals surface area contributed by atoms with Gasteiger partial charge in [0.15, 0.2) is 0 Å². The minimum absolute atomic E-state index is 0.174. The average molecular weight is 585 g/mol. The Morgan fingerprint density at radius 2 is 1.90 bits per heavy atom. The van der Waals surface area contributed by atoms with Crippen LogP contribution in [0.1, 0.15) is 34.5 Å². The van der Waals surface area contributed by atoms with E-state index >= 15 is 0 Å². The Morgan fingerprint density at radius 3 is 2.55 bits per heavy atom. The predicted molar refractivity (Wildman–Crippen MR) is 156 cm³/mol. The molecule has 2 heterocycles. The van der Waals surface area contributed by atoms with E-state index in [-0.39, 0.29) is 25.5 Å². The molecule has 0 aliphatic carbocycles.